The van der Waals surface area contributed by atoms with Gasteiger partial charge in [-0.2, -0.15) is 5.10 Å². The molecular formula is C21H23FN6O. The van der Waals surface area contributed by atoms with Crippen LogP contribution < -0.4 is 9.80 Å². The number of amides is 1. The van der Waals surface area contributed by atoms with E-state index in [0.717, 1.165) is 41.5 Å². The maximum Gasteiger partial charge on any atom is 0.279 e. The Morgan fingerprint density at radius 1 is 1.07 bits per heavy atom. The number of fused-ring (bicyclic) bond motifs is 1. The van der Waals surface area contributed by atoms with Gasteiger partial charge in [0, 0.05) is 30.5 Å². The average Bonchev–Trinajstić information content (AvgIpc) is 3.39. The van der Waals surface area contributed by atoms with Crippen molar-refractivity contribution in [2.75, 3.05) is 22.9 Å². The molecule has 2 aliphatic rings. The summed E-state index contributed by atoms with van der Waals surface area (Å²) in [4.78, 5) is 25.7. The second-order valence-electron chi connectivity index (χ2n) is 7.71. The zero-order valence-corrected chi connectivity index (χ0v) is 16.4. The van der Waals surface area contributed by atoms with Crippen LogP contribution in [0.5, 0.6) is 0 Å². The molecule has 1 saturated heterocycles. The number of nitrogens with zero attached hydrogens (tertiary/aromatic N) is 6. The van der Waals surface area contributed by atoms with Crippen LogP contribution in [-0.4, -0.2) is 38.7 Å². The Labute approximate surface area is 168 Å². The third-order valence-corrected chi connectivity index (χ3v) is 5.52. The molecule has 0 spiro atoms. The Balaban J connectivity index is 0.00000205. The molecule has 5 rings (SSSR count). The highest BCUT2D eigenvalue weighted by molar-refractivity contribution is 6.08. The number of anilines is 2. The van der Waals surface area contributed by atoms with Crippen LogP contribution in [0.3, 0.4) is 0 Å². The van der Waals surface area contributed by atoms with Gasteiger partial charge in [0.15, 0.2) is 5.69 Å². The van der Waals surface area contributed by atoms with Gasteiger partial charge in [0.2, 0.25) is 0 Å². The second kappa shape index (κ2) is 7.27. The predicted octanol–water partition coefficient (Wildman–Crippen LogP) is 3.13. The summed E-state index contributed by atoms with van der Waals surface area (Å²) < 4.78 is 1.75. The molecule has 150 valence electrons. The fourth-order valence-electron chi connectivity index (χ4n) is 3.88. The van der Waals surface area contributed by atoms with Gasteiger partial charge in [-0.25, -0.2) is 9.67 Å². The van der Waals surface area contributed by atoms with E-state index < -0.39 is 0 Å². The number of carbonyl (C=O) groups is 1. The van der Waals surface area contributed by atoms with Crippen LogP contribution in [-0.2, 0) is 6.54 Å². The third kappa shape index (κ3) is 3.35. The molecule has 0 aliphatic carbocycles. The third-order valence-electron chi connectivity index (χ3n) is 5.52. The number of hydrogen-bond acceptors (Lipinski definition) is 5. The molecule has 5 heterocycles. The van der Waals surface area contributed by atoms with Crippen LogP contribution in [0, 0.1) is 12.8 Å². The number of rotatable bonds is 3. The van der Waals surface area contributed by atoms with Crippen molar-refractivity contribution in [3.8, 4) is 5.69 Å². The number of halogens is 1. The van der Waals surface area contributed by atoms with Crippen molar-refractivity contribution in [2.45, 2.75) is 26.8 Å². The van der Waals surface area contributed by atoms with Crippen molar-refractivity contribution in [2.24, 2.45) is 5.92 Å². The highest BCUT2D eigenvalue weighted by atomic mass is 19.0. The molecule has 1 atom stereocenters. The van der Waals surface area contributed by atoms with Crippen molar-refractivity contribution in [3.63, 3.8) is 0 Å². The van der Waals surface area contributed by atoms with Crippen molar-refractivity contribution in [1.82, 2.24) is 19.7 Å². The van der Waals surface area contributed by atoms with Gasteiger partial charge in [-0.3, -0.25) is 14.5 Å². The Bertz CT molecular complexity index is 1030. The zero-order chi connectivity index (χ0) is 19.3. The van der Waals surface area contributed by atoms with Gasteiger partial charge in [0.05, 0.1) is 30.3 Å². The minimum Gasteiger partial charge on any atom is -0.356 e. The van der Waals surface area contributed by atoms with E-state index in [1.54, 1.807) is 15.8 Å². The standard InChI is InChI=1S/C21H22N6O.FH/c1-14-7-8-25(11-14)19-6-5-18(10-23-19)27-13-16-12-26(21(28)20(16)24-27)17-4-3-15(2)22-9-17;/h3-6,9-10,13-14H,7-8,11-12H2,1-2H3;1H/t14-;/m0./s1. The van der Waals surface area contributed by atoms with Gasteiger partial charge < -0.3 is 9.80 Å². The van der Waals surface area contributed by atoms with Crippen LogP contribution in [0.1, 0.15) is 35.1 Å². The van der Waals surface area contributed by atoms with E-state index in [4.69, 9.17) is 0 Å². The molecule has 0 unspecified atom stereocenters. The van der Waals surface area contributed by atoms with Crippen LogP contribution in [0.15, 0.2) is 42.9 Å². The molecule has 3 aromatic heterocycles. The van der Waals surface area contributed by atoms with E-state index in [-0.39, 0.29) is 10.6 Å². The molecule has 8 heteroatoms. The van der Waals surface area contributed by atoms with Crippen molar-refractivity contribution in [1.29, 1.82) is 0 Å². The van der Waals surface area contributed by atoms with Gasteiger partial charge in [-0.05, 0) is 43.5 Å². The van der Waals surface area contributed by atoms with Gasteiger partial charge in [0.1, 0.15) is 5.82 Å². The van der Waals surface area contributed by atoms with E-state index in [1.807, 2.05) is 43.6 Å². The van der Waals surface area contributed by atoms with Crippen LogP contribution >= 0.6 is 0 Å². The average molecular weight is 394 g/mol. The van der Waals surface area contributed by atoms with Crippen molar-refractivity contribution in [3.05, 3.63) is 59.8 Å². The van der Waals surface area contributed by atoms with Crippen LogP contribution in [0.4, 0.5) is 16.2 Å². The SMILES string of the molecule is Cc1ccc(N2Cc3cn(-c4ccc(N5CC[C@H](C)C5)nc4)nc3C2=O)cn1.F. The molecule has 0 N–H and O–H groups in total. The first-order chi connectivity index (χ1) is 13.6. The first kappa shape index (κ1) is 19.0. The molecule has 2 aliphatic heterocycles. The summed E-state index contributed by atoms with van der Waals surface area (Å²) in [6, 6.07) is 7.88. The predicted molar refractivity (Wildman–Crippen MR) is 109 cm³/mol. The van der Waals surface area contributed by atoms with E-state index in [2.05, 4.69) is 26.9 Å². The summed E-state index contributed by atoms with van der Waals surface area (Å²) >= 11 is 0. The first-order valence-corrected chi connectivity index (χ1v) is 9.63. The quantitative estimate of drug-likeness (QED) is 0.683. The lowest BCUT2D eigenvalue weighted by Gasteiger charge is -2.17. The summed E-state index contributed by atoms with van der Waals surface area (Å²) in [5.74, 6) is 1.63. The lowest BCUT2D eigenvalue weighted by Crippen LogP contribution is -2.24. The van der Waals surface area contributed by atoms with Gasteiger partial charge >= 0.3 is 0 Å². The Kier molecular flexibility index (Phi) is 4.77. The maximum absolute atomic E-state index is 12.8. The summed E-state index contributed by atoms with van der Waals surface area (Å²) in [5, 5.41) is 4.53. The molecular weight excluding hydrogens is 371 g/mol. The van der Waals surface area contributed by atoms with E-state index in [9.17, 15) is 4.79 Å². The summed E-state index contributed by atoms with van der Waals surface area (Å²) in [7, 11) is 0. The lowest BCUT2D eigenvalue weighted by molar-refractivity contribution is 0.0991. The molecule has 0 aromatic carbocycles. The summed E-state index contributed by atoms with van der Waals surface area (Å²) in [6.07, 6.45) is 6.69. The smallest absolute Gasteiger partial charge is 0.279 e. The molecule has 1 fully saturated rings. The van der Waals surface area contributed by atoms with E-state index in [1.165, 1.54) is 6.42 Å². The minimum atomic E-state index is -0.0879. The minimum absolute atomic E-state index is 0. The number of hydrogen-bond donors (Lipinski definition) is 0. The lowest BCUT2D eigenvalue weighted by atomic mass is 10.2. The summed E-state index contributed by atoms with van der Waals surface area (Å²) in [6.45, 7) is 6.82. The van der Waals surface area contributed by atoms with Gasteiger partial charge in [-0.15, -0.1) is 0 Å². The van der Waals surface area contributed by atoms with E-state index in [0.29, 0.717) is 18.2 Å². The zero-order valence-electron chi connectivity index (χ0n) is 16.4. The highest BCUT2D eigenvalue weighted by Gasteiger charge is 2.32. The fourth-order valence-corrected chi connectivity index (χ4v) is 3.88. The Hall–Kier alpha value is -3.29. The number of pyridine rings is 2. The van der Waals surface area contributed by atoms with Crippen LogP contribution in [0.2, 0.25) is 0 Å². The molecule has 7 nitrogen and oxygen atoms in total. The van der Waals surface area contributed by atoms with Crippen LogP contribution in [0.25, 0.3) is 5.69 Å². The number of carbonyl (C=O) groups excluding carboxylic acids is 1. The van der Waals surface area contributed by atoms with Crippen molar-refractivity contribution < 1.29 is 9.50 Å². The Morgan fingerprint density at radius 2 is 1.86 bits per heavy atom. The molecule has 29 heavy (non-hydrogen) atoms. The topological polar surface area (TPSA) is 67.2 Å². The van der Waals surface area contributed by atoms with E-state index >= 15 is 0 Å². The van der Waals surface area contributed by atoms with Gasteiger partial charge in [0.25, 0.3) is 5.91 Å². The maximum atomic E-state index is 12.8. The highest BCUT2D eigenvalue weighted by Crippen LogP contribution is 2.28. The molecule has 0 radical (unpaired) electrons. The number of aromatic nitrogens is 4. The van der Waals surface area contributed by atoms with Gasteiger partial charge in [-0.1, -0.05) is 6.92 Å². The molecule has 0 saturated carbocycles. The first-order valence-electron chi connectivity index (χ1n) is 9.63. The molecule has 1 amide bonds. The fraction of sp³-hybridized carbons (Fsp3) is 0.333. The largest absolute Gasteiger partial charge is 0.356 e. The number of aryl methyl sites for hydroxylation is 1. The molecule has 3 aromatic rings. The second-order valence-corrected chi connectivity index (χ2v) is 7.71. The monoisotopic (exact) mass is 394 g/mol. The Morgan fingerprint density at radius 3 is 2.48 bits per heavy atom. The summed E-state index contributed by atoms with van der Waals surface area (Å²) in [5.41, 5.74) is 4.01. The molecule has 0 bridgehead atoms. The van der Waals surface area contributed by atoms with Crippen molar-refractivity contribution >= 4 is 17.4 Å². The normalized spacial score (nSPS) is 18.1.